The Morgan fingerprint density at radius 2 is 1.75 bits per heavy atom. The first-order valence-corrected chi connectivity index (χ1v) is 13.5. The molecule has 3 rings (SSSR count). The van der Waals surface area contributed by atoms with E-state index in [2.05, 4.69) is 47.1 Å². The van der Waals surface area contributed by atoms with Gasteiger partial charge in [-0.1, -0.05) is 42.5 Å². The van der Waals surface area contributed by atoms with Gasteiger partial charge in [0.05, 0.1) is 12.4 Å². The topological polar surface area (TPSA) is 75.6 Å². The highest BCUT2D eigenvalue weighted by Crippen LogP contribution is 2.34. The van der Waals surface area contributed by atoms with Crippen LogP contribution in [0.5, 0.6) is 5.75 Å². The maximum absolute atomic E-state index is 10.8. The number of rotatable bonds is 14. The Morgan fingerprint density at radius 3 is 2.50 bits per heavy atom. The fraction of sp³-hybridized carbons (Fsp3) is 0.360. The van der Waals surface area contributed by atoms with Crippen LogP contribution >= 0.6 is 11.3 Å². The van der Waals surface area contributed by atoms with Crippen molar-refractivity contribution in [3.05, 3.63) is 77.2 Å². The highest BCUT2D eigenvalue weighted by molar-refractivity contribution is 7.85. The van der Waals surface area contributed by atoms with Crippen LogP contribution in [-0.2, 0) is 23.1 Å². The van der Waals surface area contributed by atoms with Crippen molar-refractivity contribution >= 4 is 21.5 Å². The third-order valence-electron chi connectivity index (χ3n) is 5.13. The van der Waals surface area contributed by atoms with Crippen molar-refractivity contribution in [1.82, 2.24) is 5.32 Å². The summed E-state index contributed by atoms with van der Waals surface area (Å²) in [7, 11) is -3.90. The van der Waals surface area contributed by atoms with Crippen molar-refractivity contribution in [3.63, 3.8) is 0 Å². The zero-order chi connectivity index (χ0) is 22.7. The molecule has 1 aromatic heterocycles. The molecule has 1 heterocycles. The van der Waals surface area contributed by atoms with Crippen molar-refractivity contribution in [2.75, 3.05) is 18.9 Å². The lowest BCUT2D eigenvalue weighted by molar-refractivity contribution is 0.306. The van der Waals surface area contributed by atoms with Gasteiger partial charge in [-0.2, -0.15) is 8.42 Å². The lowest BCUT2D eigenvalue weighted by atomic mass is 10.1. The molecule has 0 spiro atoms. The van der Waals surface area contributed by atoms with Crippen LogP contribution in [0.15, 0.2) is 66.0 Å². The van der Waals surface area contributed by atoms with E-state index in [-0.39, 0.29) is 5.75 Å². The zero-order valence-electron chi connectivity index (χ0n) is 18.2. The highest BCUT2D eigenvalue weighted by Gasteiger charge is 2.10. The average Bonchev–Trinajstić information content (AvgIpc) is 3.31. The molecule has 0 saturated heterocycles. The first-order valence-electron chi connectivity index (χ1n) is 11.0. The second kappa shape index (κ2) is 12.7. The van der Waals surface area contributed by atoms with Gasteiger partial charge in [0.2, 0.25) is 0 Å². The van der Waals surface area contributed by atoms with Crippen LogP contribution in [0.3, 0.4) is 0 Å². The summed E-state index contributed by atoms with van der Waals surface area (Å²) in [5.41, 5.74) is 3.58. The predicted octanol–water partition coefficient (Wildman–Crippen LogP) is 5.57. The molecule has 2 N–H and O–H groups in total. The summed E-state index contributed by atoms with van der Waals surface area (Å²) in [5, 5.41) is 5.29. The van der Waals surface area contributed by atoms with Gasteiger partial charge in [0.25, 0.3) is 10.1 Å². The minimum Gasteiger partial charge on any atom is -0.493 e. The molecule has 7 heteroatoms. The number of hydrogen-bond acceptors (Lipinski definition) is 5. The summed E-state index contributed by atoms with van der Waals surface area (Å²) in [6, 6.07) is 20.9. The number of ether oxygens (including phenoxy) is 1. The number of unbranched alkanes of at least 4 members (excludes halogenated alkanes) is 2. The molecule has 0 fully saturated rings. The smallest absolute Gasteiger partial charge is 0.264 e. The molecule has 32 heavy (non-hydrogen) atoms. The minimum atomic E-state index is -3.90. The molecule has 172 valence electrons. The second-order valence-electron chi connectivity index (χ2n) is 7.77. The van der Waals surface area contributed by atoms with E-state index >= 15 is 0 Å². The Morgan fingerprint density at radius 1 is 0.906 bits per heavy atom. The number of thiophene rings is 1. The van der Waals surface area contributed by atoms with Gasteiger partial charge < -0.3 is 10.1 Å². The number of hydrogen-bond donors (Lipinski definition) is 2. The van der Waals surface area contributed by atoms with E-state index in [4.69, 9.17) is 9.29 Å². The Balaban J connectivity index is 1.48. The van der Waals surface area contributed by atoms with E-state index < -0.39 is 10.1 Å². The van der Waals surface area contributed by atoms with Crippen LogP contribution in [0.25, 0.3) is 10.4 Å². The maximum Gasteiger partial charge on any atom is 0.264 e. The van der Waals surface area contributed by atoms with E-state index in [0.29, 0.717) is 26.1 Å². The monoisotopic (exact) mass is 473 g/mol. The fourth-order valence-corrected chi connectivity index (χ4v) is 4.74. The largest absolute Gasteiger partial charge is 0.493 e. The Kier molecular flexibility index (Phi) is 9.74. The molecule has 0 aliphatic heterocycles. The zero-order valence-corrected chi connectivity index (χ0v) is 19.8. The van der Waals surface area contributed by atoms with Crippen molar-refractivity contribution in [1.29, 1.82) is 0 Å². The third-order valence-corrected chi connectivity index (χ3v) is 6.83. The van der Waals surface area contributed by atoms with E-state index in [1.54, 1.807) is 11.3 Å². The van der Waals surface area contributed by atoms with Crippen molar-refractivity contribution in [3.8, 4) is 16.2 Å². The van der Waals surface area contributed by atoms with Gasteiger partial charge in [-0.15, -0.1) is 11.3 Å². The summed E-state index contributed by atoms with van der Waals surface area (Å²) in [6.07, 6.45) is 4.80. The van der Waals surface area contributed by atoms with E-state index in [0.717, 1.165) is 47.4 Å². The quantitative estimate of drug-likeness (QED) is 0.236. The molecule has 0 saturated carbocycles. The number of nitrogens with one attached hydrogen (secondary N) is 1. The molecule has 0 unspecified atom stereocenters. The average molecular weight is 474 g/mol. The van der Waals surface area contributed by atoms with Crippen LogP contribution in [0.1, 0.15) is 36.8 Å². The first-order chi connectivity index (χ1) is 15.5. The first kappa shape index (κ1) is 24.5. The highest BCUT2D eigenvalue weighted by atomic mass is 32.2. The number of aryl methyl sites for hydroxylation is 1. The molecule has 0 aliphatic rings. The van der Waals surface area contributed by atoms with Gasteiger partial charge in [-0.3, -0.25) is 4.55 Å². The lowest BCUT2D eigenvalue weighted by Gasteiger charge is -2.13. The molecular formula is C25H31NO4S2. The van der Waals surface area contributed by atoms with Gasteiger partial charge in [0.1, 0.15) is 5.75 Å². The summed E-state index contributed by atoms with van der Waals surface area (Å²) in [5.74, 6) is 0.670. The molecule has 0 atom stereocenters. The Labute approximate surface area is 195 Å². The molecule has 0 aliphatic carbocycles. The summed E-state index contributed by atoms with van der Waals surface area (Å²) < 4.78 is 36.6. The van der Waals surface area contributed by atoms with Crippen molar-refractivity contribution < 1.29 is 17.7 Å². The standard InChI is InChI=1S/C25H31NO4S2/c27-32(28,29)18-8-15-26-20-22-13-14-24(23(19-22)25-12-7-17-31-25)30-16-6-2-5-11-21-9-3-1-4-10-21/h1,3-4,7,9-10,12-14,17,19,26H,2,5-6,8,11,15-16,18,20H2,(H,27,28,29). The molecule has 0 bridgehead atoms. The summed E-state index contributed by atoms with van der Waals surface area (Å²) in [4.78, 5) is 1.16. The van der Waals surface area contributed by atoms with Crippen LogP contribution < -0.4 is 10.1 Å². The van der Waals surface area contributed by atoms with Gasteiger partial charge in [-0.05, 0) is 73.4 Å². The van der Waals surface area contributed by atoms with E-state index in [1.165, 1.54) is 5.56 Å². The molecule has 2 aromatic carbocycles. The van der Waals surface area contributed by atoms with Gasteiger partial charge in [0, 0.05) is 17.0 Å². The lowest BCUT2D eigenvalue weighted by Crippen LogP contribution is -2.18. The normalized spacial score (nSPS) is 11.5. The fourth-order valence-electron chi connectivity index (χ4n) is 3.48. The van der Waals surface area contributed by atoms with Gasteiger partial charge in [0.15, 0.2) is 0 Å². The van der Waals surface area contributed by atoms with Crippen LogP contribution in [-0.4, -0.2) is 31.9 Å². The molecule has 5 nitrogen and oxygen atoms in total. The third kappa shape index (κ3) is 8.74. The van der Waals surface area contributed by atoms with Crippen LogP contribution in [0.4, 0.5) is 0 Å². The van der Waals surface area contributed by atoms with Gasteiger partial charge >= 0.3 is 0 Å². The van der Waals surface area contributed by atoms with Crippen LogP contribution in [0, 0.1) is 0 Å². The predicted molar refractivity (Wildman–Crippen MR) is 132 cm³/mol. The Bertz CT molecular complexity index is 1040. The van der Waals surface area contributed by atoms with Gasteiger partial charge in [-0.25, -0.2) is 0 Å². The maximum atomic E-state index is 10.8. The minimum absolute atomic E-state index is 0.224. The van der Waals surface area contributed by atoms with Crippen LogP contribution in [0.2, 0.25) is 0 Å². The molecule has 0 amide bonds. The summed E-state index contributed by atoms with van der Waals surface area (Å²) in [6.45, 7) is 1.85. The summed E-state index contributed by atoms with van der Waals surface area (Å²) >= 11 is 1.68. The molecular weight excluding hydrogens is 442 g/mol. The van der Waals surface area contributed by atoms with Crippen molar-refractivity contribution in [2.45, 2.75) is 38.6 Å². The van der Waals surface area contributed by atoms with Crippen molar-refractivity contribution in [2.24, 2.45) is 0 Å². The van der Waals surface area contributed by atoms with E-state index in [1.807, 2.05) is 24.3 Å². The number of benzene rings is 2. The molecule has 0 radical (unpaired) electrons. The molecule has 3 aromatic rings. The van der Waals surface area contributed by atoms with E-state index in [9.17, 15) is 8.42 Å². The SMILES string of the molecule is O=S(=O)(O)CCCNCc1ccc(OCCCCCc2ccccc2)c(-c2cccs2)c1. The second-order valence-corrected chi connectivity index (χ2v) is 10.3. The Hall–Kier alpha value is -2.19.